The number of hydrogen-bond donors (Lipinski definition) is 2. The molecule has 0 aliphatic carbocycles. The van der Waals surface area contributed by atoms with Crippen LogP contribution in [0.25, 0.3) is 10.8 Å². The van der Waals surface area contributed by atoms with Crippen LogP contribution in [0.5, 0.6) is 0 Å². The maximum atomic E-state index is 13.8. The minimum atomic E-state index is -1.23. The molecule has 3 aromatic rings. The monoisotopic (exact) mass is 397 g/mol. The van der Waals surface area contributed by atoms with Crippen molar-refractivity contribution in [2.45, 2.75) is 18.5 Å². The van der Waals surface area contributed by atoms with Crippen LogP contribution < -0.4 is 15.5 Å². The maximum Gasteiger partial charge on any atom is 0.250 e. The van der Waals surface area contributed by atoms with Gasteiger partial charge in [-0.2, -0.15) is 0 Å². The van der Waals surface area contributed by atoms with E-state index in [0.29, 0.717) is 11.4 Å². The summed E-state index contributed by atoms with van der Waals surface area (Å²) in [5.41, 5.74) is 0.765. The highest BCUT2D eigenvalue weighted by Gasteiger charge is 2.69. The molecular formula is C24H19N3O3. The van der Waals surface area contributed by atoms with Crippen LogP contribution in [-0.4, -0.2) is 23.8 Å². The first-order chi connectivity index (χ1) is 14.5. The van der Waals surface area contributed by atoms with E-state index < -0.39 is 17.4 Å². The Labute approximate surface area is 172 Å². The highest BCUT2D eigenvalue weighted by atomic mass is 16.2. The molecule has 0 bridgehead atoms. The third kappa shape index (κ3) is 1.94. The summed E-state index contributed by atoms with van der Waals surface area (Å²) >= 11 is 0. The van der Waals surface area contributed by atoms with E-state index in [1.807, 2.05) is 67.6 Å². The number of carbonyl (C=O) groups excluding carboxylic acids is 3. The smallest absolute Gasteiger partial charge is 0.250 e. The number of benzene rings is 3. The van der Waals surface area contributed by atoms with Gasteiger partial charge in [0, 0.05) is 22.7 Å². The van der Waals surface area contributed by atoms with Gasteiger partial charge in [0.15, 0.2) is 0 Å². The number of anilines is 2. The largest absolute Gasteiger partial charge is 0.324 e. The molecule has 3 aromatic carbocycles. The summed E-state index contributed by atoms with van der Waals surface area (Å²) in [4.78, 5) is 41.8. The highest BCUT2D eigenvalue weighted by Crippen LogP contribution is 2.53. The second-order valence-electron chi connectivity index (χ2n) is 8.25. The summed E-state index contributed by atoms with van der Waals surface area (Å²) in [6.45, 7) is 1.87. The van der Waals surface area contributed by atoms with E-state index in [-0.39, 0.29) is 23.8 Å². The standard InChI is InChI=1S/C24H19N3O3/c1-13-19-20(24(26-13)16-10-4-5-11-17(16)25-23(24)30)22(29)27(21(19)28)18-12-6-8-14-7-2-3-9-15(14)18/h2-13,19-20,26H,1H3,(H,25,30)/t13-,19-,20+,24-/m0/s1. The molecule has 0 saturated carbocycles. The average molecular weight is 397 g/mol. The lowest BCUT2D eigenvalue weighted by atomic mass is 9.76. The zero-order valence-electron chi connectivity index (χ0n) is 16.3. The summed E-state index contributed by atoms with van der Waals surface area (Å²) in [6.07, 6.45) is 0. The quantitative estimate of drug-likeness (QED) is 0.619. The Morgan fingerprint density at radius 2 is 1.60 bits per heavy atom. The SMILES string of the molecule is C[C@@H]1N[C@]2(C(=O)Nc3ccccc32)[C@H]2C(=O)N(c3cccc4ccccc34)C(=O)[C@@H]12. The number of amides is 3. The van der Waals surface area contributed by atoms with E-state index in [2.05, 4.69) is 10.6 Å². The predicted octanol–water partition coefficient (Wildman–Crippen LogP) is 2.78. The van der Waals surface area contributed by atoms with Gasteiger partial charge in [-0.3, -0.25) is 19.7 Å². The van der Waals surface area contributed by atoms with Crippen molar-refractivity contribution in [2.24, 2.45) is 11.8 Å². The number of imide groups is 1. The van der Waals surface area contributed by atoms with Crippen molar-refractivity contribution in [1.29, 1.82) is 0 Å². The Bertz CT molecular complexity index is 1260. The van der Waals surface area contributed by atoms with Crippen LogP contribution in [0.15, 0.2) is 66.7 Å². The molecule has 0 aromatic heterocycles. The molecule has 0 radical (unpaired) electrons. The van der Waals surface area contributed by atoms with Gasteiger partial charge in [-0.05, 0) is 24.4 Å². The Morgan fingerprint density at radius 1 is 0.867 bits per heavy atom. The number of nitrogens with one attached hydrogen (secondary N) is 2. The van der Waals surface area contributed by atoms with Gasteiger partial charge in [-0.15, -0.1) is 0 Å². The van der Waals surface area contributed by atoms with E-state index >= 15 is 0 Å². The molecule has 6 heteroatoms. The van der Waals surface area contributed by atoms with Crippen LogP contribution >= 0.6 is 0 Å². The third-order valence-corrected chi connectivity index (χ3v) is 6.78. The lowest BCUT2D eigenvalue weighted by molar-refractivity contribution is -0.130. The summed E-state index contributed by atoms with van der Waals surface area (Å²) < 4.78 is 0. The molecule has 6 rings (SSSR count). The molecule has 2 fully saturated rings. The van der Waals surface area contributed by atoms with E-state index in [0.717, 1.165) is 16.3 Å². The molecule has 2 N–H and O–H groups in total. The van der Waals surface area contributed by atoms with E-state index in [1.54, 1.807) is 6.07 Å². The fourth-order valence-corrected chi connectivity index (χ4v) is 5.56. The highest BCUT2D eigenvalue weighted by molar-refractivity contribution is 6.27. The lowest BCUT2D eigenvalue weighted by Crippen LogP contribution is -2.53. The lowest BCUT2D eigenvalue weighted by Gasteiger charge is -2.29. The van der Waals surface area contributed by atoms with E-state index in [1.165, 1.54) is 4.90 Å². The number of para-hydroxylation sites is 1. The summed E-state index contributed by atoms with van der Waals surface area (Å²) in [5, 5.41) is 8.02. The molecule has 148 valence electrons. The fourth-order valence-electron chi connectivity index (χ4n) is 5.56. The Hall–Kier alpha value is -3.51. The Kier molecular flexibility index (Phi) is 3.34. The van der Waals surface area contributed by atoms with Crippen LogP contribution in [0.3, 0.4) is 0 Å². The molecule has 4 atom stereocenters. The van der Waals surface area contributed by atoms with Gasteiger partial charge in [0.25, 0.3) is 0 Å². The van der Waals surface area contributed by atoms with Crippen molar-refractivity contribution >= 4 is 39.9 Å². The van der Waals surface area contributed by atoms with Crippen molar-refractivity contribution in [2.75, 3.05) is 10.2 Å². The van der Waals surface area contributed by atoms with E-state index in [4.69, 9.17) is 0 Å². The van der Waals surface area contributed by atoms with Gasteiger partial charge in [-0.25, -0.2) is 4.90 Å². The molecule has 0 unspecified atom stereocenters. The number of nitrogens with zero attached hydrogens (tertiary/aromatic N) is 1. The summed E-state index contributed by atoms with van der Waals surface area (Å²) in [6, 6.07) is 20.3. The van der Waals surface area contributed by atoms with Gasteiger partial charge in [0.2, 0.25) is 17.7 Å². The van der Waals surface area contributed by atoms with Gasteiger partial charge in [0.05, 0.1) is 17.5 Å². The zero-order valence-corrected chi connectivity index (χ0v) is 16.3. The van der Waals surface area contributed by atoms with Gasteiger partial charge < -0.3 is 5.32 Å². The van der Waals surface area contributed by atoms with Gasteiger partial charge in [0.1, 0.15) is 5.54 Å². The molecular weight excluding hydrogens is 378 g/mol. The van der Waals surface area contributed by atoms with E-state index in [9.17, 15) is 14.4 Å². The molecule has 6 nitrogen and oxygen atoms in total. The van der Waals surface area contributed by atoms with Gasteiger partial charge >= 0.3 is 0 Å². The minimum Gasteiger partial charge on any atom is -0.324 e. The normalized spacial score (nSPS) is 29.6. The first kappa shape index (κ1) is 17.4. The molecule has 1 spiro atoms. The molecule has 3 heterocycles. The molecule has 3 aliphatic rings. The first-order valence-electron chi connectivity index (χ1n) is 10.1. The van der Waals surface area contributed by atoms with Crippen LogP contribution in [-0.2, 0) is 19.9 Å². The average Bonchev–Trinajstić information content (AvgIpc) is 3.32. The van der Waals surface area contributed by atoms with Crippen LogP contribution in [0.1, 0.15) is 12.5 Å². The molecule has 30 heavy (non-hydrogen) atoms. The second kappa shape index (κ2) is 5.77. The minimum absolute atomic E-state index is 0.254. The maximum absolute atomic E-state index is 13.8. The van der Waals surface area contributed by atoms with Crippen molar-refractivity contribution < 1.29 is 14.4 Å². The predicted molar refractivity (Wildman–Crippen MR) is 113 cm³/mol. The second-order valence-corrected chi connectivity index (χ2v) is 8.25. The van der Waals surface area contributed by atoms with Crippen LogP contribution in [0.4, 0.5) is 11.4 Å². The van der Waals surface area contributed by atoms with Crippen molar-refractivity contribution in [1.82, 2.24) is 5.32 Å². The van der Waals surface area contributed by atoms with Crippen LogP contribution in [0.2, 0.25) is 0 Å². The number of rotatable bonds is 1. The molecule has 2 saturated heterocycles. The zero-order chi connectivity index (χ0) is 20.6. The summed E-state index contributed by atoms with van der Waals surface area (Å²) in [5.74, 6) is -2.25. The van der Waals surface area contributed by atoms with Crippen molar-refractivity contribution in [3.05, 3.63) is 72.3 Å². The third-order valence-electron chi connectivity index (χ3n) is 6.78. The number of hydrogen-bond acceptors (Lipinski definition) is 4. The first-order valence-corrected chi connectivity index (χ1v) is 10.1. The Morgan fingerprint density at radius 3 is 2.47 bits per heavy atom. The Balaban J connectivity index is 1.54. The number of carbonyl (C=O) groups is 3. The van der Waals surface area contributed by atoms with Crippen molar-refractivity contribution in [3.63, 3.8) is 0 Å². The van der Waals surface area contributed by atoms with Crippen LogP contribution in [0, 0.1) is 11.8 Å². The summed E-state index contributed by atoms with van der Waals surface area (Å²) in [7, 11) is 0. The fraction of sp³-hybridized carbons (Fsp3) is 0.208. The topological polar surface area (TPSA) is 78.5 Å². The van der Waals surface area contributed by atoms with Gasteiger partial charge in [-0.1, -0.05) is 54.6 Å². The molecule has 3 amide bonds. The molecule has 3 aliphatic heterocycles. The van der Waals surface area contributed by atoms with Crippen molar-refractivity contribution in [3.8, 4) is 0 Å². The number of fused-ring (bicyclic) bond motifs is 5.